The van der Waals surface area contributed by atoms with Gasteiger partial charge < -0.3 is 9.84 Å². The summed E-state index contributed by atoms with van der Waals surface area (Å²) < 4.78 is 7.29. The lowest BCUT2D eigenvalue weighted by Gasteiger charge is -2.07. The molecule has 0 radical (unpaired) electrons. The molecule has 0 saturated carbocycles. The quantitative estimate of drug-likeness (QED) is 0.831. The van der Waals surface area contributed by atoms with Gasteiger partial charge in [-0.3, -0.25) is 0 Å². The Morgan fingerprint density at radius 1 is 1.33 bits per heavy atom. The van der Waals surface area contributed by atoms with Crippen molar-refractivity contribution in [1.29, 1.82) is 0 Å². The van der Waals surface area contributed by atoms with Crippen LogP contribution in [-0.4, -0.2) is 11.1 Å². The van der Waals surface area contributed by atoms with Crippen LogP contribution in [0.2, 0.25) is 0 Å². The molecule has 94 valence electrons. The summed E-state index contributed by atoms with van der Waals surface area (Å²) in [4.78, 5) is 11.9. The van der Waals surface area contributed by atoms with Gasteiger partial charge >= 0.3 is 5.97 Å². The summed E-state index contributed by atoms with van der Waals surface area (Å²) in [5, 5.41) is 10.8. The van der Waals surface area contributed by atoms with Crippen LogP contribution >= 0.6 is 43.2 Å². The predicted molar refractivity (Wildman–Crippen MR) is 77.5 cm³/mol. The van der Waals surface area contributed by atoms with Crippen molar-refractivity contribution in [1.82, 2.24) is 0 Å². The minimum absolute atomic E-state index is 0.230. The monoisotopic (exact) mass is 390 g/mol. The van der Waals surface area contributed by atoms with Crippen LogP contribution in [0.1, 0.15) is 15.2 Å². The second kappa shape index (κ2) is 5.86. The largest absolute Gasteiger partial charge is 0.487 e. The SMILES string of the molecule is O=C(O)c1ccc(OCc2cc(Br)cs2)c(Br)c1. The third-order valence-electron chi connectivity index (χ3n) is 2.17. The minimum atomic E-state index is -0.954. The Hall–Kier alpha value is -0.850. The molecule has 0 bridgehead atoms. The Morgan fingerprint density at radius 3 is 2.67 bits per heavy atom. The maximum atomic E-state index is 10.8. The molecular formula is C12H8Br2O3S. The Labute approximate surface area is 125 Å². The number of hydrogen-bond donors (Lipinski definition) is 1. The number of benzene rings is 1. The van der Waals surface area contributed by atoms with E-state index in [-0.39, 0.29) is 5.56 Å². The molecule has 6 heteroatoms. The van der Waals surface area contributed by atoms with Gasteiger partial charge in [-0.25, -0.2) is 4.79 Å². The molecule has 2 rings (SSSR count). The molecule has 3 nitrogen and oxygen atoms in total. The molecule has 0 aliphatic carbocycles. The molecule has 0 aliphatic heterocycles. The average Bonchev–Trinajstić information content (AvgIpc) is 2.73. The molecule has 0 amide bonds. The number of halogens is 2. The van der Waals surface area contributed by atoms with E-state index in [4.69, 9.17) is 9.84 Å². The first-order chi connectivity index (χ1) is 8.56. The lowest BCUT2D eigenvalue weighted by Crippen LogP contribution is -1.98. The minimum Gasteiger partial charge on any atom is -0.487 e. The van der Waals surface area contributed by atoms with E-state index in [1.165, 1.54) is 12.1 Å². The highest BCUT2D eigenvalue weighted by Crippen LogP contribution is 2.28. The van der Waals surface area contributed by atoms with Crippen LogP contribution in [0.3, 0.4) is 0 Å². The molecule has 0 saturated heterocycles. The Bertz CT molecular complexity index is 580. The molecule has 1 aromatic heterocycles. The topological polar surface area (TPSA) is 46.5 Å². The summed E-state index contributed by atoms with van der Waals surface area (Å²) >= 11 is 8.28. The van der Waals surface area contributed by atoms with Gasteiger partial charge in [0.2, 0.25) is 0 Å². The van der Waals surface area contributed by atoms with Gasteiger partial charge in [0.25, 0.3) is 0 Å². The highest BCUT2D eigenvalue weighted by atomic mass is 79.9. The molecular weight excluding hydrogens is 384 g/mol. The van der Waals surface area contributed by atoms with Crippen molar-refractivity contribution < 1.29 is 14.6 Å². The second-order valence-corrected chi connectivity index (χ2v) is 6.24. The Balaban J connectivity index is 2.08. The van der Waals surface area contributed by atoms with Gasteiger partial charge in [0.1, 0.15) is 12.4 Å². The van der Waals surface area contributed by atoms with Crippen molar-refractivity contribution in [2.75, 3.05) is 0 Å². The van der Waals surface area contributed by atoms with Crippen molar-refractivity contribution >= 4 is 49.2 Å². The number of rotatable bonds is 4. The number of thiophene rings is 1. The molecule has 0 unspecified atom stereocenters. The molecule has 0 aliphatic rings. The van der Waals surface area contributed by atoms with Crippen molar-refractivity contribution in [3.63, 3.8) is 0 Å². The van der Waals surface area contributed by atoms with E-state index in [9.17, 15) is 4.79 Å². The van der Waals surface area contributed by atoms with Crippen molar-refractivity contribution in [3.8, 4) is 5.75 Å². The highest BCUT2D eigenvalue weighted by molar-refractivity contribution is 9.10. The van der Waals surface area contributed by atoms with E-state index in [2.05, 4.69) is 31.9 Å². The summed E-state index contributed by atoms with van der Waals surface area (Å²) in [5.41, 5.74) is 0.230. The van der Waals surface area contributed by atoms with Gasteiger partial charge in [-0.1, -0.05) is 0 Å². The average molecular weight is 392 g/mol. The highest BCUT2D eigenvalue weighted by Gasteiger charge is 2.08. The Morgan fingerprint density at radius 2 is 2.11 bits per heavy atom. The van der Waals surface area contributed by atoms with Gasteiger partial charge in [-0.2, -0.15) is 0 Å². The first kappa shape index (κ1) is 13.6. The van der Waals surface area contributed by atoms with E-state index in [1.807, 2.05) is 11.4 Å². The smallest absolute Gasteiger partial charge is 0.335 e. The summed E-state index contributed by atoms with van der Waals surface area (Å²) in [7, 11) is 0. The summed E-state index contributed by atoms with van der Waals surface area (Å²) in [6, 6.07) is 6.69. The first-order valence-corrected chi connectivity index (χ1v) is 7.41. The van der Waals surface area contributed by atoms with E-state index in [1.54, 1.807) is 17.4 Å². The van der Waals surface area contributed by atoms with E-state index in [0.717, 1.165) is 9.35 Å². The second-order valence-electron chi connectivity index (χ2n) is 3.47. The zero-order valence-electron chi connectivity index (χ0n) is 9.02. The van der Waals surface area contributed by atoms with Crippen molar-refractivity contribution in [3.05, 3.63) is 49.0 Å². The zero-order chi connectivity index (χ0) is 13.1. The summed E-state index contributed by atoms with van der Waals surface area (Å²) in [6.45, 7) is 0.460. The van der Waals surface area contributed by atoms with Crippen molar-refractivity contribution in [2.24, 2.45) is 0 Å². The predicted octanol–water partition coefficient (Wildman–Crippen LogP) is 4.55. The van der Waals surface area contributed by atoms with E-state index < -0.39 is 5.97 Å². The molecule has 0 fully saturated rings. The fourth-order valence-electron chi connectivity index (χ4n) is 1.33. The fourth-order valence-corrected chi connectivity index (χ4v) is 3.18. The van der Waals surface area contributed by atoms with Gasteiger partial charge in [-0.15, -0.1) is 11.3 Å². The lowest BCUT2D eigenvalue weighted by molar-refractivity contribution is 0.0697. The molecule has 1 N–H and O–H groups in total. The van der Waals surface area contributed by atoms with Crippen LogP contribution in [-0.2, 0) is 6.61 Å². The molecule has 0 spiro atoms. The molecule has 2 aromatic rings. The van der Waals surface area contributed by atoms with Gasteiger partial charge in [0, 0.05) is 14.7 Å². The third-order valence-corrected chi connectivity index (χ3v) is 4.46. The van der Waals surface area contributed by atoms with Crippen LogP contribution in [0.4, 0.5) is 0 Å². The van der Waals surface area contributed by atoms with Gasteiger partial charge in [0.15, 0.2) is 0 Å². The first-order valence-electron chi connectivity index (χ1n) is 4.95. The van der Waals surface area contributed by atoms with Crippen LogP contribution in [0, 0.1) is 0 Å². The number of carboxylic acid groups (broad SMARTS) is 1. The zero-order valence-corrected chi connectivity index (χ0v) is 13.0. The van der Waals surface area contributed by atoms with Gasteiger partial charge in [0.05, 0.1) is 10.0 Å². The van der Waals surface area contributed by atoms with Crippen LogP contribution in [0.25, 0.3) is 0 Å². The van der Waals surface area contributed by atoms with Crippen molar-refractivity contribution in [2.45, 2.75) is 6.61 Å². The van der Waals surface area contributed by atoms with Crippen LogP contribution in [0.5, 0.6) is 5.75 Å². The van der Waals surface area contributed by atoms with E-state index in [0.29, 0.717) is 16.8 Å². The number of hydrogen-bond acceptors (Lipinski definition) is 3. The number of carbonyl (C=O) groups is 1. The number of ether oxygens (including phenoxy) is 1. The molecule has 1 heterocycles. The standard InChI is InChI=1S/C12H8Br2O3S/c13-8-4-9(18-6-8)5-17-11-2-1-7(12(15)16)3-10(11)14/h1-4,6H,5H2,(H,15,16). The maximum Gasteiger partial charge on any atom is 0.335 e. The summed E-state index contributed by atoms with van der Waals surface area (Å²) in [6.07, 6.45) is 0. The Kier molecular flexibility index (Phi) is 4.42. The van der Waals surface area contributed by atoms with E-state index >= 15 is 0 Å². The van der Waals surface area contributed by atoms with Crippen LogP contribution in [0.15, 0.2) is 38.6 Å². The van der Waals surface area contributed by atoms with Crippen LogP contribution < -0.4 is 4.74 Å². The number of aromatic carboxylic acids is 1. The normalized spacial score (nSPS) is 10.3. The number of carboxylic acids is 1. The summed E-state index contributed by atoms with van der Waals surface area (Å²) in [5.74, 6) is -0.325. The molecule has 0 atom stereocenters. The maximum absolute atomic E-state index is 10.8. The van der Waals surface area contributed by atoms with Gasteiger partial charge in [-0.05, 0) is 56.1 Å². The molecule has 18 heavy (non-hydrogen) atoms. The fraction of sp³-hybridized carbons (Fsp3) is 0.0833. The third kappa shape index (κ3) is 3.34. The lowest BCUT2D eigenvalue weighted by atomic mass is 10.2. The molecule has 1 aromatic carbocycles.